The molecule has 1 nitrogen and oxygen atoms in total. The maximum atomic E-state index is 11.9. The first-order chi connectivity index (χ1) is 7.92. The fraction of sp³-hybridized carbons (Fsp3) is 0.273. The lowest BCUT2D eigenvalue weighted by Crippen LogP contribution is -2.17. The zero-order chi connectivity index (χ0) is 12.9. The van der Waals surface area contributed by atoms with Crippen molar-refractivity contribution in [3.05, 3.63) is 28.2 Å². The summed E-state index contributed by atoms with van der Waals surface area (Å²) in [7, 11) is 0. The molecule has 0 saturated heterocycles. The van der Waals surface area contributed by atoms with Gasteiger partial charge in [0, 0.05) is 22.2 Å². The second-order valence-corrected chi connectivity index (χ2v) is 4.27. The van der Waals surface area contributed by atoms with E-state index in [1.807, 2.05) is 0 Å². The zero-order valence-electron chi connectivity index (χ0n) is 8.51. The Labute approximate surface area is 111 Å². The second kappa shape index (κ2) is 6.22. The average Bonchev–Trinajstić information content (AvgIpc) is 2.19. The summed E-state index contributed by atoms with van der Waals surface area (Å²) in [6.45, 7) is 0. The Hall–Kier alpha value is -0.800. The molecule has 1 aromatic carbocycles. The highest BCUT2D eigenvalue weighted by molar-refractivity contribution is 9.10. The monoisotopic (exact) mass is 324 g/mol. The van der Waals surface area contributed by atoms with E-state index < -0.39 is 6.36 Å². The van der Waals surface area contributed by atoms with Crippen molar-refractivity contribution in [3.63, 3.8) is 0 Å². The summed E-state index contributed by atoms with van der Waals surface area (Å²) < 4.78 is 40.1. The highest BCUT2D eigenvalue weighted by Gasteiger charge is 2.31. The lowest BCUT2D eigenvalue weighted by Gasteiger charge is -2.09. The van der Waals surface area contributed by atoms with Crippen molar-refractivity contribution in [3.8, 4) is 17.6 Å². The SMILES string of the molecule is FC(F)(F)Oc1ccc(C#CCCS)c(Br)c1. The Balaban J connectivity index is 2.84. The van der Waals surface area contributed by atoms with Gasteiger partial charge in [-0.2, -0.15) is 12.6 Å². The van der Waals surface area contributed by atoms with Crippen molar-refractivity contribution in [1.82, 2.24) is 0 Å². The van der Waals surface area contributed by atoms with E-state index >= 15 is 0 Å². The van der Waals surface area contributed by atoms with E-state index in [-0.39, 0.29) is 5.75 Å². The predicted molar refractivity (Wildman–Crippen MR) is 66.2 cm³/mol. The first-order valence-electron chi connectivity index (χ1n) is 4.57. The number of hydrogen-bond donors (Lipinski definition) is 1. The molecule has 0 aromatic heterocycles. The van der Waals surface area contributed by atoms with Crippen LogP contribution in [0.5, 0.6) is 5.75 Å². The molecule has 0 unspecified atom stereocenters. The maximum Gasteiger partial charge on any atom is 0.573 e. The number of ether oxygens (including phenoxy) is 1. The van der Waals surface area contributed by atoms with Gasteiger partial charge in [-0.3, -0.25) is 0 Å². The summed E-state index contributed by atoms with van der Waals surface area (Å²) in [5, 5.41) is 0. The van der Waals surface area contributed by atoms with Crippen LogP contribution in [0.3, 0.4) is 0 Å². The van der Waals surface area contributed by atoms with Gasteiger partial charge in [0.25, 0.3) is 0 Å². The van der Waals surface area contributed by atoms with Gasteiger partial charge in [0.15, 0.2) is 0 Å². The van der Waals surface area contributed by atoms with E-state index in [9.17, 15) is 13.2 Å². The van der Waals surface area contributed by atoms with Gasteiger partial charge < -0.3 is 4.74 Å². The molecule has 92 valence electrons. The summed E-state index contributed by atoms with van der Waals surface area (Å²) in [6.07, 6.45) is -4.06. The Bertz CT molecular complexity index is 448. The van der Waals surface area contributed by atoms with Gasteiger partial charge in [-0.1, -0.05) is 11.8 Å². The van der Waals surface area contributed by atoms with E-state index in [0.717, 1.165) is 0 Å². The van der Waals surface area contributed by atoms with E-state index in [1.165, 1.54) is 18.2 Å². The molecule has 0 spiro atoms. The topological polar surface area (TPSA) is 9.23 Å². The molecule has 0 radical (unpaired) electrons. The van der Waals surface area contributed by atoms with Gasteiger partial charge in [-0.05, 0) is 34.1 Å². The van der Waals surface area contributed by atoms with Gasteiger partial charge >= 0.3 is 6.36 Å². The molecule has 0 saturated carbocycles. The van der Waals surface area contributed by atoms with Crippen molar-refractivity contribution in [2.75, 3.05) is 5.75 Å². The number of halogens is 4. The standard InChI is InChI=1S/C11H8BrF3OS/c12-10-7-9(16-11(13,14)15)5-4-8(10)3-1-2-6-17/h4-5,7,17H,2,6H2. The van der Waals surface area contributed by atoms with Crippen molar-refractivity contribution in [2.24, 2.45) is 0 Å². The molecule has 0 aliphatic rings. The number of thiol groups is 1. The van der Waals surface area contributed by atoms with Crippen molar-refractivity contribution < 1.29 is 17.9 Å². The summed E-state index contributed by atoms with van der Waals surface area (Å²) in [6, 6.07) is 3.93. The van der Waals surface area contributed by atoms with Crippen LogP contribution in [0.2, 0.25) is 0 Å². The number of alkyl halides is 3. The summed E-state index contributed by atoms with van der Waals surface area (Å²) in [5.74, 6) is 6.03. The van der Waals surface area contributed by atoms with Gasteiger partial charge in [0.05, 0.1) is 0 Å². The first kappa shape index (κ1) is 14.3. The molecule has 0 N–H and O–H groups in total. The molecular weight excluding hydrogens is 317 g/mol. The third-order valence-electron chi connectivity index (χ3n) is 1.63. The number of benzene rings is 1. The quantitative estimate of drug-likeness (QED) is 0.638. The van der Waals surface area contributed by atoms with Crippen LogP contribution in [0.15, 0.2) is 22.7 Å². The predicted octanol–water partition coefficient (Wildman–Crippen LogP) is 4.02. The highest BCUT2D eigenvalue weighted by Crippen LogP contribution is 2.27. The van der Waals surface area contributed by atoms with Crippen LogP contribution in [0.1, 0.15) is 12.0 Å². The highest BCUT2D eigenvalue weighted by atomic mass is 79.9. The molecule has 0 fully saturated rings. The summed E-state index contributed by atoms with van der Waals surface area (Å²) in [4.78, 5) is 0. The Morgan fingerprint density at radius 3 is 2.59 bits per heavy atom. The zero-order valence-corrected chi connectivity index (χ0v) is 11.0. The minimum atomic E-state index is -4.68. The minimum absolute atomic E-state index is 0.274. The number of hydrogen-bond acceptors (Lipinski definition) is 2. The van der Waals surface area contributed by atoms with Crippen LogP contribution in [0.4, 0.5) is 13.2 Å². The second-order valence-electron chi connectivity index (χ2n) is 2.96. The molecule has 0 aliphatic carbocycles. The summed E-state index contributed by atoms with van der Waals surface area (Å²) in [5.41, 5.74) is 0.612. The molecule has 6 heteroatoms. The van der Waals surface area contributed by atoms with Crippen LogP contribution < -0.4 is 4.74 Å². The fourth-order valence-electron chi connectivity index (χ4n) is 1.01. The van der Waals surface area contributed by atoms with Gasteiger partial charge in [-0.25, -0.2) is 0 Å². The van der Waals surface area contributed by atoms with Crippen LogP contribution in [0.25, 0.3) is 0 Å². The van der Waals surface area contributed by atoms with Gasteiger partial charge in [0.2, 0.25) is 0 Å². The third-order valence-corrected chi connectivity index (χ3v) is 2.51. The largest absolute Gasteiger partial charge is 0.573 e. The first-order valence-corrected chi connectivity index (χ1v) is 6.00. The number of rotatable bonds is 2. The van der Waals surface area contributed by atoms with Crippen LogP contribution in [-0.4, -0.2) is 12.1 Å². The Morgan fingerprint density at radius 2 is 2.06 bits per heavy atom. The van der Waals surface area contributed by atoms with E-state index in [0.29, 0.717) is 22.2 Å². The van der Waals surface area contributed by atoms with Crippen molar-refractivity contribution in [2.45, 2.75) is 12.8 Å². The summed E-state index contributed by atoms with van der Waals surface area (Å²) >= 11 is 7.13. The molecule has 17 heavy (non-hydrogen) atoms. The molecule has 1 rings (SSSR count). The van der Waals surface area contributed by atoms with E-state index in [2.05, 4.69) is 45.1 Å². The van der Waals surface area contributed by atoms with Crippen molar-refractivity contribution >= 4 is 28.6 Å². The molecule has 0 aliphatic heterocycles. The maximum absolute atomic E-state index is 11.9. The normalized spacial score (nSPS) is 10.6. The van der Waals surface area contributed by atoms with E-state index in [1.54, 1.807) is 0 Å². The molecule has 0 heterocycles. The lowest BCUT2D eigenvalue weighted by molar-refractivity contribution is -0.274. The van der Waals surface area contributed by atoms with Crippen LogP contribution >= 0.6 is 28.6 Å². The van der Waals surface area contributed by atoms with Crippen LogP contribution in [-0.2, 0) is 0 Å². The van der Waals surface area contributed by atoms with Crippen LogP contribution in [0, 0.1) is 11.8 Å². The fourth-order valence-corrected chi connectivity index (χ4v) is 1.58. The van der Waals surface area contributed by atoms with Gasteiger partial charge in [-0.15, -0.1) is 13.2 Å². The molecule has 0 bridgehead atoms. The molecule has 0 amide bonds. The molecular formula is C11H8BrF3OS. The molecule has 1 aromatic rings. The Kier molecular flexibility index (Phi) is 5.22. The smallest absolute Gasteiger partial charge is 0.406 e. The Morgan fingerprint density at radius 1 is 1.35 bits per heavy atom. The van der Waals surface area contributed by atoms with Crippen molar-refractivity contribution in [1.29, 1.82) is 0 Å². The minimum Gasteiger partial charge on any atom is -0.406 e. The average molecular weight is 325 g/mol. The molecule has 0 atom stereocenters. The van der Waals surface area contributed by atoms with E-state index in [4.69, 9.17) is 0 Å². The lowest BCUT2D eigenvalue weighted by atomic mass is 10.2. The van der Waals surface area contributed by atoms with Gasteiger partial charge in [0.1, 0.15) is 5.75 Å². The third kappa shape index (κ3) is 5.37.